The lowest BCUT2D eigenvalue weighted by atomic mass is 10.1. The van der Waals surface area contributed by atoms with E-state index in [2.05, 4.69) is 17.1 Å². The van der Waals surface area contributed by atoms with Crippen LogP contribution in [0.15, 0.2) is 29.3 Å². The number of nitrogens with one attached hydrogen (secondary N) is 1. The second-order valence-electron chi connectivity index (χ2n) is 8.12. The normalized spacial score (nSPS) is 20.5. The highest BCUT2D eigenvalue weighted by atomic mass is 16.5. The summed E-state index contributed by atoms with van der Waals surface area (Å²) >= 11 is 0. The summed E-state index contributed by atoms with van der Waals surface area (Å²) in [6.07, 6.45) is 7.18. The molecule has 2 aliphatic heterocycles. The highest BCUT2D eigenvalue weighted by Gasteiger charge is 2.23. The average Bonchev–Trinajstić information content (AvgIpc) is 2.83. The van der Waals surface area contributed by atoms with Crippen LogP contribution in [0, 0.1) is 0 Å². The third kappa shape index (κ3) is 8.22. The number of benzene rings is 1. The Kier molecular flexibility index (Phi) is 10.3. The fraction of sp³-hybridized carbons (Fsp3) is 0.708. The predicted octanol–water partition coefficient (Wildman–Crippen LogP) is 3.48. The Hall–Kier alpha value is -1.99. The third-order valence-electron chi connectivity index (χ3n) is 5.76. The molecule has 0 amide bonds. The summed E-state index contributed by atoms with van der Waals surface area (Å²) in [5, 5.41) is 3.43. The summed E-state index contributed by atoms with van der Waals surface area (Å²) < 4.78 is 22.9. The number of guanidine groups is 1. The molecule has 3 rings (SSSR count). The van der Waals surface area contributed by atoms with Crippen molar-refractivity contribution < 1.29 is 18.9 Å². The first-order valence-electron chi connectivity index (χ1n) is 11.8. The first-order valence-corrected chi connectivity index (χ1v) is 11.8. The number of piperidine rings is 1. The van der Waals surface area contributed by atoms with Crippen molar-refractivity contribution in [1.82, 2.24) is 10.2 Å². The number of hydrogen-bond donors (Lipinski definition) is 1. The van der Waals surface area contributed by atoms with Gasteiger partial charge in [0.05, 0.1) is 32.5 Å². The quantitative estimate of drug-likeness (QED) is 0.346. The van der Waals surface area contributed by atoms with Crippen molar-refractivity contribution >= 4 is 5.96 Å². The standard InChI is InChI=1S/C24H39N3O4/c1-3-25-24(26-14-6-18-29-21-10-8-20(28-2)9-11-21)27-15-12-22(13-16-27)31-19-23-7-4-5-17-30-23/h8-11,22-23H,3-7,12-19H2,1-2H3,(H,25,26). The van der Waals surface area contributed by atoms with E-state index in [9.17, 15) is 0 Å². The van der Waals surface area contributed by atoms with E-state index in [4.69, 9.17) is 23.9 Å². The van der Waals surface area contributed by atoms with Crippen LogP contribution in [-0.4, -0.2) is 76.2 Å². The van der Waals surface area contributed by atoms with E-state index >= 15 is 0 Å². The van der Waals surface area contributed by atoms with Crippen molar-refractivity contribution in [2.45, 2.75) is 57.7 Å². The zero-order chi connectivity index (χ0) is 21.7. The lowest BCUT2D eigenvalue weighted by Crippen LogP contribution is -2.47. The van der Waals surface area contributed by atoms with Gasteiger partial charge in [-0.25, -0.2) is 0 Å². The molecule has 1 aromatic rings. The van der Waals surface area contributed by atoms with Crippen LogP contribution in [0.3, 0.4) is 0 Å². The zero-order valence-electron chi connectivity index (χ0n) is 19.2. The number of likely N-dealkylation sites (tertiary alicyclic amines) is 1. The molecule has 1 unspecified atom stereocenters. The molecule has 0 saturated carbocycles. The Labute approximate surface area is 187 Å². The van der Waals surface area contributed by atoms with Gasteiger partial charge in [-0.2, -0.15) is 0 Å². The minimum absolute atomic E-state index is 0.297. The predicted molar refractivity (Wildman–Crippen MR) is 123 cm³/mol. The Morgan fingerprint density at radius 2 is 1.90 bits per heavy atom. The minimum atomic E-state index is 0.297. The van der Waals surface area contributed by atoms with E-state index < -0.39 is 0 Å². The van der Waals surface area contributed by atoms with Crippen LogP contribution in [-0.2, 0) is 9.47 Å². The van der Waals surface area contributed by atoms with Gasteiger partial charge in [0.15, 0.2) is 5.96 Å². The second kappa shape index (κ2) is 13.4. The molecule has 7 heteroatoms. The van der Waals surface area contributed by atoms with Crippen LogP contribution in [0.4, 0.5) is 0 Å². The molecule has 2 fully saturated rings. The lowest BCUT2D eigenvalue weighted by Gasteiger charge is -2.35. The van der Waals surface area contributed by atoms with Gasteiger partial charge in [-0.1, -0.05) is 0 Å². The van der Waals surface area contributed by atoms with Crippen molar-refractivity contribution in [3.63, 3.8) is 0 Å². The molecule has 0 aromatic heterocycles. The summed E-state index contributed by atoms with van der Waals surface area (Å²) in [4.78, 5) is 7.16. The number of rotatable bonds is 10. The first kappa shape index (κ1) is 23.7. The first-order chi connectivity index (χ1) is 15.3. The van der Waals surface area contributed by atoms with Crippen LogP contribution < -0.4 is 14.8 Å². The van der Waals surface area contributed by atoms with Gasteiger partial charge in [0.25, 0.3) is 0 Å². The molecule has 0 bridgehead atoms. The highest BCUT2D eigenvalue weighted by Crippen LogP contribution is 2.19. The van der Waals surface area contributed by atoms with E-state index in [1.165, 1.54) is 12.8 Å². The molecule has 0 aliphatic carbocycles. The maximum Gasteiger partial charge on any atom is 0.193 e. The van der Waals surface area contributed by atoms with Crippen LogP contribution in [0.25, 0.3) is 0 Å². The summed E-state index contributed by atoms with van der Waals surface area (Å²) in [6.45, 7) is 7.96. The molecule has 0 spiro atoms. The number of ether oxygens (including phenoxy) is 4. The highest BCUT2D eigenvalue weighted by molar-refractivity contribution is 5.80. The third-order valence-corrected chi connectivity index (χ3v) is 5.76. The fourth-order valence-corrected chi connectivity index (χ4v) is 3.95. The van der Waals surface area contributed by atoms with Crippen LogP contribution in [0.2, 0.25) is 0 Å². The number of aliphatic imine (C=N–C) groups is 1. The van der Waals surface area contributed by atoms with Crippen molar-refractivity contribution in [2.24, 2.45) is 4.99 Å². The summed E-state index contributed by atoms with van der Waals surface area (Å²) in [7, 11) is 1.66. The van der Waals surface area contributed by atoms with Gasteiger partial charge in [0.1, 0.15) is 11.5 Å². The molecule has 1 atom stereocenters. The summed E-state index contributed by atoms with van der Waals surface area (Å²) in [5.41, 5.74) is 0. The second-order valence-corrected chi connectivity index (χ2v) is 8.12. The average molecular weight is 434 g/mol. The van der Waals surface area contributed by atoms with Crippen LogP contribution >= 0.6 is 0 Å². The van der Waals surface area contributed by atoms with Crippen molar-refractivity contribution in [2.75, 3.05) is 53.1 Å². The zero-order valence-corrected chi connectivity index (χ0v) is 19.2. The van der Waals surface area contributed by atoms with E-state index in [-0.39, 0.29) is 0 Å². The van der Waals surface area contributed by atoms with Gasteiger partial charge >= 0.3 is 0 Å². The SMILES string of the molecule is CCNC(=NCCCOc1ccc(OC)cc1)N1CCC(OCC2CCCCO2)CC1. The molecule has 2 saturated heterocycles. The summed E-state index contributed by atoms with van der Waals surface area (Å²) in [5.74, 6) is 2.70. The van der Waals surface area contributed by atoms with Crippen molar-refractivity contribution in [3.05, 3.63) is 24.3 Å². The molecular formula is C24H39N3O4. The number of nitrogens with zero attached hydrogens (tertiary/aromatic N) is 2. The Morgan fingerprint density at radius 1 is 1.13 bits per heavy atom. The molecule has 2 aliphatic rings. The molecule has 1 aromatic carbocycles. The molecule has 7 nitrogen and oxygen atoms in total. The topological polar surface area (TPSA) is 64.6 Å². The molecule has 0 radical (unpaired) electrons. The molecular weight excluding hydrogens is 394 g/mol. The van der Waals surface area contributed by atoms with E-state index in [1.54, 1.807) is 7.11 Å². The van der Waals surface area contributed by atoms with E-state index in [0.717, 1.165) is 82.5 Å². The largest absolute Gasteiger partial charge is 0.497 e. The van der Waals surface area contributed by atoms with Gasteiger partial charge in [0, 0.05) is 39.2 Å². The Balaban J connectivity index is 1.34. The number of methoxy groups -OCH3 is 1. The minimum Gasteiger partial charge on any atom is -0.497 e. The monoisotopic (exact) mass is 433 g/mol. The van der Waals surface area contributed by atoms with E-state index in [1.807, 2.05) is 24.3 Å². The molecule has 2 heterocycles. The number of hydrogen-bond acceptors (Lipinski definition) is 5. The van der Waals surface area contributed by atoms with Crippen LogP contribution in [0.5, 0.6) is 11.5 Å². The lowest BCUT2D eigenvalue weighted by molar-refractivity contribution is -0.0721. The Morgan fingerprint density at radius 3 is 2.58 bits per heavy atom. The molecule has 174 valence electrons. The summed E-state index contributed by atoms with van der Waals surface area (Å²) in [6, 6.07) is 7.68. The maximum absolute atomic E-state index is 6.14. The van der Waals surface area contributed by atoms with Gasteiger partial charge < -0.3 is 29.2 Å². The van der Waals surface area contributed by atoms with Gasteiger partial charge in [0.2, 0.25) is 0 Å². The molecule has 1 N–H and O–H groups in total. The van der Waals surface area contributed by atoms with Crippen LogP contribution in [0.1, 0.15) is 45.4 Å². The fourth-order valence-electron chi connectivity index (χ4n) is 3.95. The Bertz CT molecular complexity index is 639. The van der Waals surface area contributed by atoms with Crippen molar-refractivity contribution in [1.29, 1.82) is 0 Å². The van der Waals surface area contributed by atoms with E-state index in [0.29, 0.717) is 18.8 Å². The van der Waals surface area contributed by atoms with Gasteiger partial charge in [-0.05, 0) is 63.3 Å². The van der Waals surface area contributed by atoms with Gasteiger partial charge in [-0.15, -0.1) is 0 Å². The maximum atomic E-state index is 6.14. The molecule has 31 heavy (non-hydrogen) atoms. The van der Waals surface area contributed by atoms with Gasteiger partial charge in [-0.3, -0.25) is 4.99 Å². The van der Waals surface area contributed by atoms with Crippen molar-refractivity contribution in [3.8, 4) is 11.5 Å². The smallest absolute Gasteiger partial charge is 0.193 e.